The molecule has 0 radical (unpaired) electrons. The van der Waals surface area contributed by atoms with Gasteiger partial charge in [-0.1, -0.05) is 113 Å². The molecule has 5 rings (SSSR count). The van der Waals surface area contributed by atoms with Crippen LogP contribution in [0.25, 0.3) is 17.2 Å². The van der Waals surface area contributed by atoms with Gasteiger partial charge >= 0.3 is 5.97 Å². The van der Waals surface area contributed by atoms with Crippen LogP contribution in [-0.2, 0) is 9.53 Å². The van der Waals surface area contributed by atoms with E-state index in [1.807, 2.05) is 127 Å². The van der Waals surface area contributed by atoms with Gasteiger partial charge in [0.2, 0.25) is 0 Å². The highest BCUT2D eigenvalue weighted by Gasteiger charge is 2.22. The van der Waals surface area contributed by atoms with Crippen LogP contribution in [0, 0.1) is 0 Å². The van der Waals surface area contributed by atoms with Crippen LogP contribution in [0.4, 0.5) is 0 Å². The van der Waals surface area contributed by atoms with E-state index < -0.39 is 12.0 Å². The fraction of sp³-hybridized carbons (Fsp3) is 0.105. The van der Waals surface area contributed by atoms with Gasteiger partial charge < -0.3 is 19.5 Å². The van der Waals surface area contributed by atoms with Gasteiger partial charge in [-0.15, -0.1) is 0 Å². The molecule has 0 spiro atoms. The molecule has 0 aliphatic rings. The molecule has 0 heterocycles. The largest absolute Gasteiger partial charge is 0.489 e. The minimum atomic E-state index is -0.639. The second-order valence-corrected chi connectivity index (χ2v) is 11.0. The van der Waals surface area contributed by atoms with Crippen molar-refractivity contribution in [3.8, 4) is 28.4 Å². The first-order valence-corrected chi connectivity index (χ1v) is 15.2. The van der Waals surface area contributed by atoms with Crippen molar-refractivity contribution in [1.82, 2.24) is 5.32 Å². The molecule has 0 bridgehead atoms. The van der Waals surface area contributed by atoms with Gasteiger partial charge in [0.05, 0.1) is 25.1 Å². The fourth-order valence-corrected chi connectivity index (χ4v) is 5.10. The summed E-state index contributed by atoms with van der Waals surface area (Å²) in [7, 11) is 1.33. The van der Waals surface area contributed by atoms with Crippen LogP contribution in [0.1, 0.15) is 33.9 Å². The Morgan fingerprint density at radius 1 is 0.800 bits per heavy atom. The van der Waals surface area contributed by atoms with Gasteiger partial charge in [-0.25, -0.2) is 0 Å². The van der Waals surface area contributed by atoms with Gasteiger partial charge in [-0.3, -0.25) is 9.59 Å². The topological polar surface area (TPSA) is 73.9 Å². The molecular weight excluding hydrogens is 630 g/mol. The van der Waals surface area contributed by atoms with Crippen molar-refractivity contribution >= 4 is 33.9 Å². The van der Waals surface area contributed by atoms with Gasteiger partial charge in [0.1, 0.15) is 23.9 Å². The SMILES string of the molecule is COC(=O)CC(NC(=O)c1cc(Br)ccc1OCC=Cc1ccccc1)c1ccc(-c2ccccc2Oc2ccccc2)cc1. The second-order valence-electron chi connectivity index (χ2n) is 10.1. The lowest BCUT2D eigenvalue weighted by Gasteiger charge is -2.20. The highest BCUT2D eigenvalue weighted by molar-refractivity contribution is 9.10. The molecule has 5 aromatic rings. The van der Waals surface area contributed by atoms with Crippen molar-refractivity contribution in [3.05, 3.63) is 155 Å². The van der Waals surface area contributed by atoms with Crippen LogP contribution in [-0.4, -0.2) is 25.6 Å². The molecule has 0 saturated carbocycles. The smallest absolute Gasteiger partial charge is 0.307 e. The number of benzene rings is 5. The average molecular weight is 663 g/mol. The summed E-state index contributed by atoms with van der Waals surface area (Å²) in [6.07, 6.45) is 3.81. The van der Waals surface area contributed by atoms with Crippen molar-refractivity contribution in [2.75, 3.05) is 13.7 Å². The first kappa shape index (κ1) is 31.3. The standard InChI is InChI=1S/C38H32BrNO5/c1-43-37(41)26-34(29-20-18-28(19-21-29)32-16-8-9-17-36(32)45-31-14-6-3-7-15-31)40-38(42)33-25-30(39)22-23-35(33)44-24-10-13-27-11-4-2-5-12-27/h2-23,25,34H,24,26H2,1H3,(H,40,42). The Balaban J connectivity index is 1.34. The maximum absolute atomic E-state index is 13.6. The number of hydrogen-bond donors (Lipinski definition) is 1. The van der Waals surface area contributed by atoms with Crippen LogP contribution in [0.5, 0.6) is 17.2 Å². The second kappa shape index (κ2) is 15.5. The number of hydrogen-bond acceptors (Lipinski definition) is 5. The van der Waals surface area contributed by atoms with Crippen LogP contribution in [0.2, 0.25) is 0 Å². The zero-order valence-corrected chi connectivity index (χ0v) is 26.3. The Bertz CT molecular complexity index is 1750. The van der Waals surface area contributed by atoms with Crippen LogP contribution in [0.15, 0.2) is 138 Å². The molecule has 5 aromatic carbocycles. The minimum absolute atomic E-state index is 0.0424. The van der Waals surface area contributed by atoms with E-state index in [9.17, 15) is 9.59 Å². The number of methoxy groups -OCH3 is 1. The van der Waals surface area contributed by atoms with Gasteiger partial charge in [0, 0.05) is 10.0 Å². The van der Waals surface area contributed by atoms with Gasteiger partial charge in [-0.2, -0.15) is 0 Å². The van der Waals surface area contributed by atoms with E-state index in [-0.39, 0.29) is 18.9 Å². The van der Waals surface area contributed by atoms with Crippen molar-refractivity contribution in [3.63, 3.8) is 0 Å². The number of esters is 1. The Kier molecular flexibility index (Phi) is 10.8. The van der Waals surface area contributed by atoms with Gasteiger partial charge in [0.15, 0.2) is 0 Å². The summed E-state index contributed by atoms with van der Waals surface area (Å²) in [5.74, 6) is 1.07. The third-order valence-electron chi connectivity index (χ3n) is 7.02. The van der Waals surface area contributed by atoms with Crippen molar-refractivity contribution in [2.45, 2.75) is 12.5 Å². The van der Waals surface area contributed by atoms with Crippen LogP contribution >= 0.6 is 15.9 Å². The summed E-state index contributed by atoms with van der Waals surface area (Å²) in [5, 5.41) is 3.02. The predicted molar refractivity (Wildman–Crippen MR) is 180 cm³/mol. The normalized spacial score (nSPS) is 11.5. The number of nitrogens with one attached hydrogen (secondary N) is 1. The average Bonchev–Trinajstić information content (AvgIpc) is 3.08. The molecule has 0 aliphatic carbocycles. The molecule has 0 aromatic heterocycles. The fourth-order valence-electron chi connectivity index (χ4n) is 4.73. The molecule has 7 heteroatoms. The van der Waals surface area contributed by atoms with Gasteiger partial charge in [0.25, 0.3) is 5.91 Å². The monoisotopic (exact) mass is 661 g/mol. The van der Waals surface area contributed by atoms with Crippen molar-refractivity contribution in [2.24, 2.45) is 0 Å². The third-order valence-corrected chi connectivity index (χ3v) is 7.51. The molecular formula is C38H32BrNO5. The maximum atomic E-state index is 13.6. The molecule has 1 unspecified atom stereocenters. The van der Waals surface area contributed by atoms with E-state index in [1.54, 1.807) is 12.1 Å². The molecule has 45 heavy (non-hydrogen) atoms. The number of carbonyl (C=O) groups excluding carboxylic acids is 2. The predicted octanol–water partition coefficient (Wildman–Crippen LogP) is 9.03. The summed E-state index contributed by atoms with van der Waals surface area (Å²) in [5.41, 5.74) is 4.00. The molecule has 1 N–H and O–H groups in total. The summed E-state index contributed by atoms with van der Waals surface area (Å²) >= 11 is 3.46. The van der Waals surface area contributed by atoms with E-state index in [0.717, 1.165) is 38.2 Å². The highest BCUT2D eigenvalue weighted by Crippen LogP contribution is 2.34. The lowest BCUT2D eigenvalue weighted by molar-refractivity contribution is -0.141. The molecule has 226 valence electrons. The van der Waals surface area contributed by atoms with E-state index in [1.165, 1.54) is 7.11 Å². The van der Waals surface area contributed by atoms with Crippen molar-refractivity contribution < 1.29 is 23.8 Å². The van der Waals surface area contributed by atoms with E-state index in [2.05, 4.69) is 21.2 Å². The Morgan fingerprint density at radius 2 is 1.49 bits per heavy atom. The minimum Gasteiger partial charge on any atom is -0.489 e. The van der Waals surface area contributed by atoms with E-state index >= 15 is 0 Å². The maximum Gasteiger partial charge on any atom is 0.307 e. The number of amides is 1. The molecule has 1 amide bonds. The number of carbonyl (C=O) groups is 2. The zero-order valence-electron chi connectivity index (χ0n) is 24.7. The summed E-state index contributed by atoms with van der Waals surface area (Å²) in [6, 6.07) is 39.6. The molecule has 6 nitrogen and oxygen atoms in total. The third kappa shape index (κ3) is 8.71. The first-order chi connectivity index (χ1) is 22.0. The number of ether oxygens (including phenoxy) is 3. The number of halogens is 1. The molecule has 0 aliphatic heterocycles. The summed E-state index contributed by atoms with van der Waals surface area (Å²) in [6.45, 7) is 0.277. The lowest BCUT2D eigenvalue weighted by atomic mass is 9.98. The van der Waals surface area contributed by atoms with E-state index in [4.69, 9.17) is 14.2 Å². The number of rotatable bonds is 12. The Hall–Kier alpha value is -5.14. The number of para-hydroxylation sites is 2. The highest BCUT2D eigenvalue weighted by atomic mass is 79.9. The summed E-state index contributed by atoms with van der Waals surface area (Å²) < 4.78 is 17.8. The first-order valence-electron chi connectivity index (χ1n) is 14.4. The molecule has 0 fully saturated rings. The Morgan fingerprint density at radius 3 is 2.22 bits per heavy atom. The molecule has 0 saturated heterocycles. The summed E-state index contributed by atoms with van der Waals surface area (Å²) in [4.78, 5) is 26.0. The van der Waals surface area contributed by atoms with E-state index in [0.29, 0.717) is 11.3 Å². The molecule has 1 atom stereocenters. The van der Waals surface area contributed by atoms with Crippen LogP contribution in [0.3, 0.4) is 0 Å². The zero-order chi connectivity index (χ0) is 31.4. The quantitative estimate of drug-likeness (QED) is 0.135. The van der Waals surface area contributed by atoms with Crippen LogP contribution < -0.4 is 14.8 Å². The Labute approximate surface area is 271 Å². The van der Waals surface area contributed by atoms with Gasteiger partial charge in [-0.05, 0) is 59.2 Å². The van der Waals surface area contributed by atoms with Crippen molar-refractivity contribution in [1.29, 1.82) is 0 Å². The lowest BCUT2D eigenvalue weighted by Crippen LogP contribution is -2.31.